The lowest BCUT2D eigenvalue weighted by atomic mass is 10.2. The van der Waals surface area contributed by atoms with Crippen molar-refractivity contribution < 1.29 is 19.1 Å². The second kappa shape index (κ2) is 9.27. The van der Waals surface area contributed by atoms with Gasteiger partial charge >= 0.3 is 6.03 Å². The van der Waals surface area contributed by atoms with Crippen LogP contribution in [0.25, 0.3) is 11.8 Å². The number of amides is 4. The highest BCUT2D eigenvalue weighted by Crippen LogP contribution is 2.25. The Morgan fingerprint density at radius 1 is 1.06 bits per heavy atom. The molecule has 0 bridgehead atoms. The lowest BCUT2D eigenvalue weighted by Gasteiger charge is -2.13. The Morgan fingerprint density at radius 3 is 2.47 bits per heavy atom. The Morgan fingerprint density at radius 2 is 1.76 bits per heavy atom. The van der Waals surface area contributed by atoms with Gasteiger partial charge in [0.1, 0.15) is 18.0 Å². The van der Waals surface area contributed by atoms with E-state index in [-0.39, 0.29) is 5.70 Å². The molecule has 1 saturated heterocycles. The molecular weight excluding hydrogens is 432 g/mol. The summed E-state index contributed by atoms with van der Waals surface area (Å²) >= 11 is 0. The first-order valence-corrected chi connectivity index (χ1v) is 10.8. The Balaban J connectivity index is 1.53. The normalized spacial score (nSPS) is 14.5. The van der Waals surface area contributed by atoms with E-state index in [0.717, 1.165) is 27.5 Å². The van der Waals surface area contributed by atoms with Crippen LogP contribution in [0.1, 0.15) is 22.5 Å². The molecule has 0 aliphatic carbocycles. The average Bonchev–Trinajstić information content (AvgIpc) is 3.24. The van der Waals surface area contributed by atoms with Crippen LogP contribution >= 0.6 is 0 Å². The number of hydrogen-bond donors (Lipinski definition) is 2. The van der Waals surface area contributed by atoms with Gasteiger partial charge in [0.05, 0.1) is 12.8 Å². The molecule has 0 spiro atoms. The summed E-state index contributed by atoms with van der Waals surface area (Å²) in [5.41, 5.74) is 5.51. The number of nitrogens with one attached hydrogen (secondary N) is 2. The van der Waals surface area contributed by atoms with Gasteiger partial charge in [-0.05, 0) is 62.7 Å². The van der Waals surface area contributed by atoms with Crippen molar-refractivity contribution in [3.63, 3.8) is 0 Å². The Labute approximate surface area is 197 Å². The number of aryl methyl sites for hydroxylation is 2. The highest BCUT2D eigenvalue weighted by Gasteiger charge is 2.35. The largest absolute Gasteiger partial charge is 0.495 e. The van der Waals surface area contributed by atoms with E-state index in [1.165, 1.54) is 12.7 Å². The molecule has 1 fully saturated rings. The van der Waals surface area contributed by atoms with E-state index in [1.54, 1.807) is 30.3 Å². The summed E-state index contributed by atoms with van der Waals surface area (Å²) in [5, 5.41) is 5.26. The topological polar surface area (TPSA) is 92.7 Å². The van der Waals surface area contributed by atoms with Crippen molar-refractivity contribution in [2.75, 3.05) is 19.0 Å². The minimum Gasteiger partial charge on any atom is -0.495 e. The van der Waals surface area contributed by atoms with E-state index in [4.69, 9.17) is 4.74 Å². The highest BCUT2D eigenvalue weighted by molar-refractivity contribution is 6.16. The Bertz CT molecular complexity index is 1300. The van der Waals surface area contributed by atoms with Gasteiger partial charge in [0, 0.05) is 17.1 Å². The monoisotopic (exact) mass is 458 g/mol. The first-order chi connectivity index (χ1) is 16.3. The van der Waals surface area contributed by atoms with Gasteiger partial charge in [-0.15, -0.1) is 0 Å². The predicted molar refractivity (Wildman–Crippen MR) is 130 cm³/mol. The van der Waals surface area contributed by atoms with Crippen molar-refractivity contribution in [2.45, 2.75) is 20.8 Å². The van der Waals surface area contributed by atoms with Crippen LogP contribution in [0.4, 0.5) is 10.5 Å². The molecule has 4 amide bonds. The summed E-state index contributed by atoms with van der Waals surface area (Å²) in [6, 6.07) is 16.4. The van der Waals surface area contributed by atoms with Crippen molar-refractivity contribution in [3.8, 4) is 11.4 Å². The van der Waals surface area contributed by atoms with Crippen LogP contribution in [0.15, 0.2) is 60.3 Å². The number of anilines is 1. The van der Waals surface area contributed by atoms with Gasteiger partial charge in [-0.2, -0.15) is 0 Å². The molecule has 0 radical (unpaired) electrons. The minimum atomic E-state index is -0.640. The number of ether oxygens (including phenoxy) is 1. The molecule has 2 heterocycles. The van der Waals surface area contributed by atoms with Gasteiger partial charge in [-0.1, -0.05) is 29.8 Å². The maximum Gasteiger partial charge on any atom is 0.329 e. The first-order valence-electron chi connectivity index (χ1n) is 10.8. The summed E-state index contributed by atoms with van der Waals surface area (Å²) in [5.74, 6) is -0.579. The number of hydrogen-bond acceptors (Lipinski definition) is 4. The number of para-hydroxylation sites is 2. The second-order valence-electron chi connectivity index (χ2n) is 8.13. The zero-order valence-corrected chi connectivity index (χ0v) is 19.5. The summed E-state index contributed by atoms with van der Waals surface area (Å²) in [7, 11) is 1.50. The van der Waals surface area contributed by atoms with E-state index in [2.05, 4.69) is 15.2 Å². The van der Waals surface area contributed by atoms with Crippen LogP contribution in [0.5, 0.6) is 5.75 Å². The van der Waals surface area contributed by atoms with Crippen molar-refractivity contribution in [1.82, 2.24) is 14.8 Å². The zero-order valence-electron chi connectivity index (χ0n) is 19.5. The molecule has 0 atom stereocenters. The number of methoxy groups -OCH3 is 1. The van der Waals surface area contributed by atoms with Crippen molar-refractivity contribution in [3.05, 3.63) is 82.8 Å². The summed E-state index contributed by atoms with van der Waals surface area (Å²) < 4.78 is 7.31. The molecule has 4 rings (SSSR count). The lowest BCUT2D eigenvalue weighted by Crippen LogP contribution is -2.38. The van der Waals surface area contributed by atoms with Crippen LogP contribution < -0.4 is 15.4 Å². The van der Waals surface area contributed by atoms with Gasteiger partial charge in [-0.25, -0.2) is 9.69 Å². The van der Waals surface area contributed by atoms with E-state index in [1.807, 2.05) is 51.1 Å². The van der Waals surface area contributed by atoms with E-state index < -0.39 is 24.4 Å². The number of nitrogens with zero attached hydrogens (tertiary/aromatic N) is 2. The minimum absolute atomic E-state index is 0.124. The molecule has 8 heteroatoms. The summed E-state index contributed by atoms with van der Waals surface area (Å²) in [6.07, 6.45) is 1.64. The number of urea groups is 1. The second-order valence-corrected chi connectivity index (χ2v) is 8.13. The molecule has 0 unspecified atom stereocenters. The SMILES string of the molecule is COc1ccccc1NC(=O)CN1C(=O)N/C(=C\c2cc(C)n(-c3ccc(C)cc3)c2C)C1=O. The van der Waals surface area contributed by atoms with Crippen LogP contribution in [0, 0.1) is 20.8 Å². The number of benzene rings is 2. The standard InChI is InChI=1S/C26H26N4O4/c1-16-9-11-20(12-10-16)30-17(2)13-19(18(30)3)14-22-25(32)29(26(33)28-22)15-24(31)27-21-7-5-6-8-23(21)34-4/h5-14H,15H2,1-4H3,(H,27,31)(H,28,33)/b22-14-. The molecular formula is C26H26N4O4. The molecule has 1 aliphatic rings. The molecule has 2 aromatic carbocycles. The molecule has 34 heavy (non-hydrogen) atoms. The Hall–Kier alpha value is -4.33. The highest BCUT2D eigenvalue weighted by atomic mass is 16.5. The Kier molecular flexibility index (Phi) is 6.23. The third-order valence-electron chi connectivity index (χ3n) is 5.71. The van der Waals surface area contributed by atoms with E-state index >= 15 is 0 Å². The van der Waals surface area contributed by atoms with Gasteiger partial charge in [0.25, 0.3) is 5.91 Å². The smallest absolute Gasteiger partial charge is 0.329 e. The van der Waals surface area contributed by atoms with Gasteiger partial charge < -0.3 is 19.9 Å². The van der Waals surface area contributed by atoms with Crippen LogP contribution in [-0.2, 0) is 9.59 Å². The fourth-order valence-corrected chi connectivity index (χ4v) is 3.98. The number of rotatable bonds is 6. The predicted octanol–water partition coefficient (Wildman–Crippen LogP) is 3.94. The zero-order chi connectivity index (χ0) is 24.4. The molecule has 1 aliphatic heterocycles. The van der Waals surface area contributed by atoms with Gasteiger partial charge in [0.2, 0.25) is 5.91 Å². The van der Waals surface area contributed by atoms with Crippen molar-refractivity contribution in [2.24, 2.45) is 0 Å². The fraction of sp³-hybridized carbons (Fsp3) is 0.192. The van der Waals surface area contributed by atoms with E-state index in [9.17, 15) is 14.4 Å². The van der Waals surface area contributed by atoms with Crippen LogP contribution in [-0.4, -0.2) is 41.0 Å². The molecule has 2 N–H and O–H groups in total. The van der Waals surface area contributed by atoms with Gasteiger partial charge in [0.15, 0.2) is 0 Å². The summed E-state index contributed by atoms with van der Waals surface area (Å²) in [4.78, 5) is 38.8. The van der Waals surface area contributed by atoms with Crippen LogP contribution in [0.3, 0.4) is 0 Å². The van der Waals surface area contributed by atoms with Crippen molar-refractivity contribution >= 4 is 29.6 Å². The third kappa shape index (κ3) is 4.43. The number of imide groups is 1. The van der Waals surface area contributed by atoms with Gasteiger partial charge in [-0.3, -0.25) is 9.59 Å². The molecule has 1 aromatic heterocycles. The number of carbonyl (C=O) groups excluding carboxylic acids is 3. The lowest BCUT2D eigenvalue weighted by molar-refractivity contribution is -0.127. The average molecular weight is 459 g/mol. The summed E-state index contributed by atoms with van der Waals surface area (Å²) in [6.45, 7) is 5.56. The maximum atomic E-state index is 12.9. The molecule has 174 valence electrons. The fourth-order valence-electron chi connectivity index (χ4n) is 3.98. The van der Waals surface area contributed by atoms with Crippen molar-refractivity contribution in [1.29, 1.82) is 0 Å². The number of carbonyl (C=O) groups is 3. The quantitative estimate of drug-likeness (QED) is 0.432. The number of aromatic nitrogens is 1. The third-order valence-corrected chi connectivity index (χ3v) is 5.71. The molecule has 3 aromatic rings. The molecule has 0 saturated carbocycles. The maximum absolute atomic E-state index is 12.9. The first kappa shape index (κ1) is 22.8. The van der Waals surface area contributed by atoms with Crippen LogP contribution in [0.2, 0.25) is 0 Å². The molecule has 8 nitrogen and oxygen atoms in total. The van der Waals surface area contributed by atoms with E-state index in [0.29, 0.717) is 11.4 Å².